The van der Waals surface area contributed by atoms with Crippen LogP contribution in [-0.4, -0.2) is 30.0 Å². The number of likely N-dealkylation sites (tertiary alicyclic amines) is 1. The van der Waals surface area contributed by atoms with Gasteiger partial charge < -0.3 is 9.08 Å². The van der Waals surface area contributed by atoms with E-state index in [9.17, 15) is 9.59 Å². The number of benzene rings is 2. The number of nitrogens with zero attached hydrogens (tertiary/aromatic N) is 1. The smallest absolute Gasteiger partial charge is 0.374 e. The molecular formula is C23H22N2O3S. The van der Waals surface area contributed by atoms with Crippen molar-refractivity contribution in [1.29, 1.82) is 0 Å². The molecule has 0 bridgehead atoms. The molecule has 2 aromatic carbocycles. The highest BCUT2D eigenvalue weighted by Crippen LogP contribution is 2.29. The van der Waals surface area contributed by atoms with Crippen molar-refractivity contribution < 1.29 is 13.8 Å². The summed E-state index contributed by atoms with van der Waals surface area (Å²) >= 11 is 1.11. The van der Waals surface area contributed by atoms with Crippen LogP contribution in [0.5, 0.6) is 0 Å². The lowest BCUT2D eigenvalue weighted by Crippen LogP contribution is -2.42. The molecule has 148 valence electrons. The van der Waals surface area contributed by atoms with E-state index in [4.69, 9.17) is 4.18 Å². The second-order valence-corrected chi connectivity index (χ2v) is 7.68. The standard InChI is InChI=1S/C23H22N2O3S/c1-3-15-6-7-17(22(26)25-10-5-11-25)13-20(15)19(4-2)16-8-9-21-18(12-16)14-29-28-23(27)24-21/h3-4,6-9,12-13H,2,5,10-11,14H2,1H3,(H,24,27)/b15-3-,20-19+. The molecule has 2 amide bonds. The van der Waals surface area contributed by atoms with Gasteiger partial charge in [0.1, 0.15) is 0 Å². The van der Waals surface area contributed by atoms with Crippen LogP contribution in [-0.2, 0) is 9.94 Å². The van der Waals surface area contributed by atoms with Gasteiger partial charge in [-0.1, -0.05) is 30.9 Å². The van der Waals surface area contributed by atoms with E-state index in [1.165, 1.54) is 0 Å². The fourth-order valence-electron chi connectivity index (χ4n) is 3.54. The molecule has 0 saturated carbocycles. The van der Waals surface area contributed by atoms with Gasteiger partial charge >= 0.3 is 6.09 Å². The van der Waals surface area contributed by atoms with Crippen molar-refractivity contribution in [2.24, 2.45) is 0 Å². The molecule has 0 unspecified atom stereocenters. The zero-order valence-corrected chi connectivity index (χ0v) is 17.1. The van der Waals surface area contributed by atoms with Crippen LogP contribution >= 0.6 is 12.0 Å². The summed E-state index contributed by atoms with van der Waals surface area (Å²) in [4.78, 5) is 26.2. The van der Waals surface area contributed by atoms with Gasteiger partial charge in [-0.25, -0.2) is 4.79 Å². The van der Waals surface area contributed by atoms with Crippen molar-refractivity contribution in [2.45, 2.75) is 19.1 Å². The van der Waals surface area contributed by atoms with Crippen LogP contribution in [0.3, 0.4) is 0 Å². The molecule has 0 radical (unpaired) electrons. The Labute approximate surface area is 174 Å². The lowest BCUT2D eigenvalue weighted by atomic mass is 9.97. The third-order valence-electron chi connectivity index (χ3n) is 5.25. The number of carbonyl (C=O) groups excluding carboxylic acids is 2. The van der Waals surface area contributed by atoms with Crippen LogP contribution in [0.25, 0.3) is 11.6 Å². The van der Waals surface area contributed by atoms with Crippen LogP contribution in [0.1, 0.15) is 34.8 Å². The topological polar surface area (TPSA) is 58.6 Å². The Morgan fingerprint density at radius 2 is 2.00 bits per heavy atom. The van der Waals surface area contributed by atoms with Gasteiger partial charge in [-0.2, -0.15) is 0 Å². The van der Waals surface area contributed by atoms with Crippen molar-refractivity contribution in [1.82, 2.24) is 4.90 Å². The molecule has 0 atom stereocenters. The normalized spacial score (nSPS) is 17.3. The highest BCUT2D eigenvalue weighted by molar-refractivity contribution is 7.94. The van der Waals surface area contributed by atoms with Gasteiger partial charge in [0, 0.05) is 24.3 Å². The zero-order valence-electron chi connectivity index (χ0n) is 16.2. The number of carbonyl (C=O) groups is 2. The number of amides is 2. The summed E-state index contributed by atoms with van der Waals surface area (Å²) in [7, 11) is 0. The molecule has 0 aromatic heterocycles. The second-order valence-electron chi connectivity index (χ2n) is 6.98. The quantitative estimate of drug-likeness (QED) is 0.794. The van der Waals surface area contributed by atoms with E-state index < -0.39 is 6.09 Å². The summed E-state index contributed by atoms with van der Waals surface area (Å²) in [6, 6.07) is 11.7. The van der Waals surface area contributed by atoms with E-state index in [0.717, 1.165) is 64.4 Å². The third-order valence-corrected chi connectivity index (χ3v) is 5.95. The number of rotatable bonds is 3. The monoisotopic (exact) mass is 406 g/mol. The first-order valence-electron chi connectivity index (χ1n) is 9.57. The van der Waals surface area contributed by atoms with Gasteiger partial charge in [-0.3, -0.25) is 10.1 Å². The molecule has 0 aliphatic carbocycles. The van der Waals surface area contributed by atoms with E-state index in [0.29, 0.717) is 11.3 Å². The highest BCUT2D eigenvalue weighted by atomic mass is 32.2. The maximum atomic E-state index is 12.7. The van der Waals surface area contributed by atoms with E-state index in [-0.39, 0.29) is 5.91 Å². The van der Waals surface area contributed by atoms with Gasteiger partial charge in [-0.15, -0.1) is 0 Å². The maximum absolute atomic E-state index is 12.7. The average Bonchev–Trinajstić information content (AvgIpc) is 2.87. The first kappa shape index (κ1) is 19.3. The molecular weight excluding hydrogens is 384 g/mol. The van der Waals surface area contributed by atoms with Crippen molar-refractivity contribution in [2.75, 3.05) is 18.4 Å². The number of anilines is 1. The molecule has 1 saturated heterocycles. The van der Waals surface area contributed by atoms with Gasteiger partial charge in [-0.05, 0) is 64.7 Å². The molecule has 1 fully saturated rings. The number of allylic oxidation sites excluding steroid dienone is 1. The van der Waals surface area contributed by atoms with Crippen LogP contribution < -0.4 is 15.8 Å². The van der Waals surface area contributed by atoms with Crippen molar-refractivity contribution in [3.8, 4) is 0 Å². The number of hydrogen-bond acceptors (Lipinski definition) is 4. The van der Waals surface area contributed by atoms with Gasteiger partial charge in [0.15, 0.2) is 0 Å². The molecule has 0 spiro atoms. The van der Waals surface area contributed by atoms with E-state index >= 15 is 0 Å². The molecule has 4 rings (SSSR count). The minimum Gasteiger partial charge on any atom is -0.374 e. The molecule has 1 N–H and O–H groups in total. The summed E-state index contributed by atoms with van der Waals surface area (Å²) in [5, 5.41) is 4.76. The number of fused-ring (bicyclic) bond motifs is 1. The summed E-state index contributed by atoms with van der Waals surface area (Å²) < 4.78 is 5.01. The first-order chi connectivity index (χ1) is 14.1. The first-order valence-corrected chi connectivity index (χ1v) is 10.5. The Bertz CT molecular complexity index is 1120. The predicted octanol–water partition coefficient (Wildman–Crippen LogP) is 3.43. The largest absolute Gasteiger partial charge is 0.423 e. The van der Waals surface area contributed by atoms with Crippen molar-refractivity contribution in [3.63, 3.8) is 0 Å². The minimum absolute atomic E-state index is 0.0711. The maximum Gasteiger partial charge on any atom is 0.423 e. The van der Waals surface area contributed by atoms with Gasteiger partial charge in [0.25, 0.3) is 5.91 Å². The Kier molecular flexibility index (Phi) is 5.45. The van der Waals surface area contributed by atoms with Crippen LogP contribution in [0.15, 0.2) is 49.1 Å². The van der Waals surface area contributed by atoms with E-state index in [1.807, 2.05) is 60.4 Å². The van der Waals surface area contributed by atoms with Crippen LogP contribution in [0, 0.1) is 0 Å². The van der Waals surface area contributed by atoms with E-state index in [1.54, 1.807) is 0 Å². The predicted molar refractivity (Wildman–Crippen MR) is 117 cm³/mol. The second kappa shape index (κ2) is 8.17. The molecule has 2 heterocycles. The molecule has 2 aliphatic rings. The summed E-state index contributed by atoms with van der Waals surface area (Å²) in [5.41, 5.74) is 4.34. The Morgan fingerprint density at radius 1 is 1.21 bits per heavy atom. The highest BCUT2D eigenvalue weighted by Gasteiger charge is 2.21. The third kappa shape index (κ3) is 3.80. The minimum atomic E-state index is -0.463. The number of nitrogens with one attached hydrogen (secondary N) is 1. The Hall–Kier alpha value is -2.99. The van der Waals surface area contributed by atoms with Crippen LogP contribution in [0.2, 0.25) is 0 Å². The molecule has 5 nitrogen and oxygen atoms in total. The Balaban J connectivity index is 1.86. The van der Waals surface area contributed by atoms with E-state index in [2.05, 4.69) is 11.9 Å². The summed E-state index contributed by atoms with van der Waals surface area (Å²) in [6.45, 7) is 7.65. The summed E-state index contributed by atoms with van der Waals surface area (Å²) in [5.74, 6) is 0.633. The fraction of sp³-hybridized carbons (Fsp3) is 0.217. The molecule has 6 heteroatoms. The average molecular weight is 407 g/mol. The Morgan fingerprint density at radius 3 is 2.69 bits per heavy atom. The van der Waals surface area contributed by atoms with Crippen molar-refractivity contribution in [3.05, 3.63) is 76.2 Å². The number of hydrogen-bond donors (Lipinski definition) is 1. The SMILES string of the molecule is C=C/C(c1ccc2c(c1)CSOC(=O)N2)=c1/cc(C(=O)N2CCC2)cc/c1=C/C. The van der Waals surface area contributed by atoms with Gasteiger partial charge in [0.2, 0.25) is 0 Å². The lowest BCUT2D eigenvalue weighted by molar-refractivity contribution is 0.0651. The van der Waals surface area contributed by atoms with Crippen LogP contribution in [0.4, 0.5) is 10.5 Å². The fourth-order valence-corrected chi connectivity index (χ4v) is 4.11. The lowest BCUT2D eigenvalue weighted by Gasteiger charge is -2.30. The molecule has 2 aromatic rings. The van der Waals surface area contributed by atoms with Crippen molar-refractivity contribution >= 4 is 41.4 Å². The summed E-state index contributed by atoms with van der Waals surface area (Å²) in [6.07, 6.45) is 4.46. The molecule has 29 heavy (non-hydrogen) atoms. The molecule has 2 aliphatic heterocycles. The zero-order chi connectivity index (χ0) is 20.4. The van der Waals surface area contributed by atoms with Gasteiger partial charge in [0.05, 0.1) is 17.8 Å².